The second-order valence-corrected chi connectivity index (χ2v) is 7.33. The minimum Gasteiger partial charge on any atom is -0.477 e. The van der Waals surface area contributed by atoms with Crippen LogP contribution < -0.4 is 5.32 Å². The molecule has 126 valence electrons. The molecule has 0 saturated heterocycles. The van der Waals surface area contributed by atoms with Crippen molar-refractivity contribution in [1.29, 1.82) is 0 Å². The monoisotopic (exact) mass is 370 g/mol. The van der Waals surface area contributed by atoms with Gasteiger partial charge in [0.25, 0.3) is 0 Å². The highest BCUT2D eigenvalue weighted by Crippen LogP contribution is 2.33. The van der Waals surface area contributed by atoms with Crippen LogP contribution in [-0.4, -0.2) is 25.8 Å². The molecule has 0 saturated carbocycles. The van der Waals surface area contributed by atoms with Crippen molar-refractivity contribution in [1.82, 2.24) is 14.8 Å². The number of anilines is 1. The summed E-state index contributed by atoms with van der Waals surface area (Å²) in [5.41, 5.74) is 1.31. The molecule has 2 N–H and O–H groups in total. The zero-order chi connectivity index (χ0) is 17.2. The molecule has 0 spiro atoms. The molecule has 3 heterocycles. The molecule has 4 rings (SSSR count). The second-order valence-electron chi connectivity index (χ2n) is 5.41. The van der Waals surface area contributed by atoms with Gasteiger partial charge in [0.1, 0.15) is 11.7 Å². The van der Waals surface area contributed by atoms with Crippen molar-refractivity contribution in [3.8, 4) is 0 Å². The van der Waals surface area contributed by atoms with E-state index in [1.807, 2.05) is 35.7 Å². The zero-order valence-electron chi connectivity index (χ0n) is 13.0. The summed E-state index contributed by atoms with van der Waals surface area (Å²) in [6.45, 7) is 0. The van der Waals surface area contributed by atoms with Gasteiger partial charge in [0.05, 0.1) is 0 Å². The van der Waals surface area contributed by atoms with Gasteiger partial charge in [-0.1, -0.05) is 48.2 Å². The van der Waals surface area contributed by atoms with Gasteiger partial charge in [0.2, 0.25) is 11.1 Å². The number of thioether (sulfide) groups is 1. The Kier molecular flexibility index (Phi) is 4.29. The summed E-state index contributed by atoms with van der Waals surface area (Å²) in [4.78, 5) is 16.9. The highest BCUT2D eigenvalue weighted by atomic mass is 32.2. The molecule has 3 aromatic rings. The molecule has 1 unspecified atom stereocenters. The molecule has 1 atom stereocenters. The number of hydrogen-bond acceptors (Lipinski definition) is 6. The lowest BCUT2D eigenvalue weighted by Crippen LogP contribution is -2.23. The van der Waals surface area contributed by atoms with Crippen molar-refractivity contribution < 1.29 is 9.90 Å². The van der Waals surface area contributed by atoms with E-state index < -0.39 is 5.97 Å². The average molecular weight is 370 g/mol. The maximum atomic E-state index is 11.4. The lowest BCUT2D eigenvalue weighted by atomic mass is 10.2. The van der Waals surface area contributed by atoms with E-state index in [9.17, 15) is 9.90 Å². The van der Waals surface area contributed by atoms with E-state index in [1.54, 1.807) is 22.1 Å². The van der Waals surface area contributed by atoms with Crippen molar-refractivity contribution in [3.05, 3.63) is 70.1 Å². The largest absolute Gasteiger partial charge is 0.477 e. The molecule has 6 nitrogen and oxygen atoms in total. The first-order chi connectivity index (χ1) is 12.2. The second kappa shape index (κ2) is 6.73. The SMILES string of the molecule is O=C(O)C1=CC(c2cccs2)n2nc(SCc3ccccc3)nc2N1. The van der Waals surface area contributed by atoms with Crippen LogP contribution in [0.25, 0.3) is 0 Å². The van der Waals surface area contributed by atoms with Gasteiger partial charge in [-0.25, -0.2) is 9.48 Å². The van der Waals surface area contributed by atoms with Gasteiger partial charge >= 0.3 is 5.97 Å². The summed E-state index contributed by atoms with van der Waals surface area (Å²) >= 11 is 3.09. The van der Waals surface area contributed by atoms with Gasteiger partial charge in [-0.05, 0) is 23.1 Å². The van der Waals surface area contributed by atoms with Gasteiger partial charge in [-0.3, -0.25) is 0 Å². The van der Waals surface area contributed by atoms with Crippen LogP contribution in [0.4, 0.5) is 5.95 Å². The van der Waals surface area contributed by atoms with Crippen LogP contribution in [0.1, 0.15) is 16.5 Å². The third kappa shape index (κ3) is 3.31. The number of carboxylic acid groups (broad SMARTS) is 1. The number of aromatic nitrogens is 3. The van der Waals surface area contributed by atoms with Crippen LogP contribution in [0.2, 0.25) is 0 Å². The van der Waals surface area contributed by atoms with E-state index in [-0.39, 0.29) is 11.7 Å². The molecular formula is C17H14N4O2S2. The number of carbonyl (C=O) groups is 1. The lowest BCUT2D eigenvalue weighted by molar-refractivity contribution is -0.132. The van der Waals surface area contributed by atoms with Crippen LogP contribution in [0.3, 0.4) is 0 Å². The Bertz CT molecular complexity index is 920. The third-order valence-electron chi connectivity index (χ3n) is 3.72. The number of fused-ring (bicyclic) bond motifs is 1. The normalized spacial score (nSPS) is 16.0. The van der Waals surface area contributed by atoms with Crippen molar-refractivity contribution in [3.63, 3.8) is 0 Å². The Morgan fingerprint density at radius 2 is 2.12 bits per heavy atom. The van der Waals surface area contributed by atoms with E-state index >= 15 is 0 Å². The summed E-state index contributed by atoms with van der Waals surface area (Å²) in [7, 11) is 0. The van der Waals surface area contributed by atoms with E-state index in [4.69, 9.17) is 0 Å². The summed E-state index contributed by atoms with van der Waals surface area (Å²) in [5.74, 6) is 0.204. The van der Waals surface area contributed by atoms with Gasteiger partial charge in [-0.2, -0.15) is 4.98 Å². The molecule has 1 aliphatic rings. The molecule has 0 radical (unpaired) electrons. The topological polar surface area (TPSA) is 80.0 Å². The number of aliphatic carboxylic acids is 1. The number of rotatable bonds is 5. The quantitative estimate of drug-likeness (QED) is 0.668. The number of nitrogens with zero attached hydrogens (tertiary/aromatic N) is 3. The van der Waals surface area contributed by atoms with Crippen molar-refractivity contribution >= 4 is 35.0 Å². The predicted octanol–water partition coefficient (Wildman–Crippen LogP) is 3.62. The fourth-order valence-corrected chi connectivity index (χ4v) is 4.11. The number of carboxylic acids is 1. The Morgan fingerprint density at radius 1 is 1.28 bits per heavy atom. The minimum absolute atomic E-state index is 0.123. The van der Waals surface area contributed by atoms with Gasteiger partial charge in [0, 0.05) is 10.6 Å². The molecule has 0 fully saturated rings. The van der Waals surface area contributed by atoms with E-state index in [0.717, 1.165) is 10.6 Å². The van der Waals surface area contributed by atoms with Gasteiger partial charge < -0.3 is 10.4 Å². The van der Waals surface area contributed by atoms with E-state index in [0.29, 0.717) is 11.1 Å². The van der Waals surface area contributed by atoms with Gasteiger partial charge in [0.15, 0.2) is 0 Å². The third-order valence-corrected chi connectivity index (χ3v) is 5.57. The van der Waals surface area contributed by atoms with E-state index in [2.05, 4.69) is 27.5 Å². The number of thiophene rings is 1. The first kappa shape index (κ1) is 15.9. The first-order valence-electron chi connectivity index (χ1n) is 7.59. The van der Waals surface area contributed by atoms with Gasteiger partial charge in [-0.15, -0.1) is 16.4 Å². The predicted molar refractivity (Wildman–Crippen MR) is 97.8 cm³/mol. The van der Waals surface area contributed by atoms with Crippen LogP contribution in [0.5, 0.6) is 0 Å². The molecular weight excluding hydrogens is 356 g/mol. The summed E-state index contributed by atoms with van der Waals surface area (Å²) in [6, 6.07) is 13.7. The number of hydrogen-bond donors (Lipinski definition) is 2. The molecule has 0 aliphatic carbocycles. The molecule has 8 heteroatoms. The Morgan fingerprint density at radius 3 is 2.84 bits per heavy atom. The first-order valence-corrected chi connectivity index (χ1v) is 9.46. The average Bonchev–Trinajstić information content (AvgIpc) is 3.29. The van der Waals surface area contributed by atoms with E-state index in [1.165, 1.54) is 17.3 Å². The zero-order valence-corrected chi connectivity index (χ0v) is 14.6. The number of allylic oxidation sites excluding steroid dienone is 1. The smallest absolute Gasteiger partial charge is 0.352 e. The van der Waals surface area contributed by atoms with Crippen molar-refractivity contribution in [2.75, 3.05) is 5.32 Å². The van der Waals surface area contributed by atoms with Crippen molar-refractivity contribution in [2.24, 2.45) is 0 Å². The fraction of sp³-hybridized carbons (Fsp3) is 0.118. The van der Waals surface area contributed by atoms with Crippen molar-refractivity contribution in [2.45, 2.75) is 17.0 Å². The molecule has 0 amide bonds. The number of benzene rings is 1. The van der Waals surface area contributed by atoms with Crippen LogP contribution in [0, 0.1) is 0 Å². The number of nitrogens with one attached hydrogen (secondary N) is 1. The van der Waals surface area contributed by atoms with Crippen LogP contribution in [0.15, 0.2) is 64.8 Å². The molecule has 25 heavy (non-hydrogen) atoms. The highest BCUT2D eigenvalue weighted by molar-refractivity contribution is 7.98. The molecule has 1 aliphatic heterocycles. The summed E-state index contributed by atoms with van der Waals surface area (Å²) in [5, 5.41) is 19.4. The maximum absolute atomic E-state index is 11.4. The van der Waals surface area contributed by atoms with Crippen LogP contribution in [-0.2, 0) is 10.5 Å². The lowest BCUT2D eigenvalue weighted by Gasteiger charge is -2.20. The summed E-state index contributed by atoms with van der Waals surface area (Å²) < 4.78 is 1.74. The minimum atomic E-state index is -1.01. The van der Waals surface area contributed by atoms with Crippen LogP contribution >= 0.6 is 23.1 Å². The fourth-order valence-electron chi connectivity index (χ4n) is 2.54. The molecule has 2 aromatic heterocycles. The standard InChI is InChI=1S/C17H14N4O2S2/c22-15(23)12-9-13(14-7-4-8-24-14)21-16(18-12)19-17(20-21)25-10-11-5-2-1-3-6-11/h1-9,13H,10H2,(H,22,23)(H,18,19,20). The molecule has 1 aromatic carbocycles. The highest BCUT2D eigenvalue weighted by Gasteiger charge is 2.27. The summed E-state index contributed by atoms with van der Waals surface area (Å²) in [6.07, 6.45) is 1.67. The Hall–Kier alpha value is -2.58. The Labute approximate surface area is 152 Å². The Balaban J connectivity index is 1.62. The maximum Gasteiger partial charge on any atom is 0.352 e. The molecule has 0 bridgehead atoms.